The Kier molecular flexibility index (Phi) is 4.46. The van der Waals surface area contributed by atoms with Crippen LogP contribution in [-0.2, 0) is 0 Å². The highest BCUT2D eigenvalue weighted by Gasteiger charge is 2.32. The standard InChI is InChI=1S/C8H6Cl4N2O/c9-7(8(10,11)12)14-6(15)5-1-3-13-4-2-5/h1-4,7H,(H,14,15). The van der Waals surface area contributed by atoms with Gasteiger partial charge < -0.3 is 5.32 Å². The number of nitrogens with one attached hydrogen (secondary N) is 1. The molecule has 7 heteroatoms. The first kappa shape index (κ1) is 12.8. The van der Waals surface area contributed by atoms with Crippen molar-refractivity contribution in [1.29, 1.82) is 0 Å². The first-order chi connectivity index (χ1) is 6.91. The van der Waals surface area contributed by atoms with Crippen molar-refractivity contribution in [1.82, 2.24) is 10.3 Å². The van der Waals surface area contributed by atoms with Gasteiger partial charge in [-0.05, 0) is 12.1 Å². The normalized spacial score (nSPS) is 13.3. The first-order valence-corrected chi connectivity index (χ1v) is 5.40. The van der Waals surface area contributed by atoms with E-state index in [1.165, 1.54) is 24.5 Å². The van der Waals surface area contributed by atoms with Crippen LogP contribution in [0.5, 0.6) is 0 Å². The number of rotatable bonds is 2. The fourth-order valence-corrected chi connectivity index (χ4v) is 1.05. The average Bonchev–Trinajstić information content (AvgIpc) is 2.17. The first-order valence-electron chi connectivity index (χ1n) is 3.83. The fourth-order valence-electron chi connectivity index (χ4n) is 0.784. The van der Waals surface area contributed by atoms with Crippen LogP contribution in [0.15, 0.2) is 24.5 Å². The van der Waals surface area contributed by atoms with Crippen LogP contribution in [0.3, 0.4) is 0 Å². The van der Waals surface area contributed by atoms with Crippen LogP contribution in [0.4, 0.5) is 0 Å². The van der Waals surface area contributed by atoms with Gasteiger partial charge in [0.25, 0.3) is 5.91 Å². The van der Waals surface area contributed by atoms with Crippen LogP contribution in [0.1, 0.15) is 10.4 Å². The summed E-state index contributed by atoms with van der Waals surface area (Å²) in [5.74, 6) is -0.427. The third kappa shape index (κ3) is 4.03. The van der Waals surface area contributed by atoms with Gasteiger partial charge in [-0.1, -0.05) is 46.4 Å². The number of alkyl halides is 4. The number of halogens is 4. The Morgan fingerprint density at radius 2 is 1.87 bits per heavy atom. The summed E-state index contributed by atoms with van der Waals surface area (Å²) in [5, 5.41) is 2.34. The Labute approximate surface area is 107 Å². The molecule has 0 aliphatic heterocycles. The zero-order valence-corrected chi connectivity index (χ0v) is 10.3. The SMILES string of the molecule is O=C(NC(Cl)C(Cl)(Cl)Cl)c1ccncc1. The van der Waals surface area contributed by atoms with E-state index in [1.807, 2.05) is 0 Å². The maximum absolute atomic E-state index is 11.5. The highest BCUT2D eigenvalue weighted by molar-refractivity contribution is 6.70. The van der Waals surface area contributed by atoms with Gasteiger partial charge in [-0.3, -0.25) is 9.78 Å². The van der Waals surface area contributed by atoms with Crippen LogP contribution in [-0.4, -0.2) is 20.2 Å². The average molecular weight is 288 g/mol. The lowest BCUT2D eigenvalue weighted by Gasteiger charge is -2.19. The summed E-state index contributed by atoms with van der Waals surface area (Å²) in [6, 6.07) is 3.05. The summed E-state index contributed by atoms with van der Waals surface area (Å²) in [5.41, 5.74) is -0.701. The summed E-state index contributed by atoms with van der Waals surface area (Å²) in [6.07, 6.45) is 2.96. The van der Waals surface area contributed by atoms with Gasteiger partial charge in [-0.2, -0.15) is 0 Å². The minimum Gasteiger partial charge on any atom is -0.332 e. The molecule has 1 unspecified atom stereocenters. The maximum atomic E-state index is 11.5. The van der Waals surface area contributed by atoms with Crippen LogP contribution in [0, 0.1) is 0 Å². The predicted octanol–water partition coefficient (Wildman–Crippen LogP) is 2.75. The molecule has 82 valence electrons. The summed E-state index contributed by atoms with van der Waals surface area (Å²) >= 11 is 22.1. The number of hydrogen-bond donors (Lipinski definition) is 1. The molecule has 0 radical (unpaired) electrons. The third-order valence-corrected chi connectivity index (χ3v) is 2.91. The molecule has 1 atom stereocenters. The fraction of sp³-hybridized carbons (Fsp3) is 0.250. The van der Waals surface area contributed by atoms with Gasteiger partial charge in [-0.25, -0.2) is 0 Å². The smallest absolute Gasteiger partial charge is 0.252 e. The molecule has 0 aliphatic rings. The number of carbonyl (C=O) groups excluding carboxylic acids is 1. The summed E-state index contributed by atoms with van der Waals surface area (Å²) in [4.78, 5) is 15.3. The van der Waals surface area contributed by atoms with Crippen molar-refractivity contribution in [3.05, 3.63) is 30.1 Å². The molecule has 0 saturated carbocycles. The molecule has 0 fully saturated rings. The molecular formula is C8H6Cl4N2O. The molecule has 1 rings (SSSR count). The van der Waals surface area contributed by atoms with E-state index in [1.54, 1.807) is 0 Å². The number of nitrogens with zero attached hydrogens (tertiary/aromatic N) is 1. The van der Waals surface area contributed by atoms with Crippen molar-refractivity contribution < 1.29 is 4.79 Å². The zero-order valence-electron chi connectivity index (χ0n) is 7.25. The minimum absolute atomic E-state index is 0.393. The Bertz CT molecular complexity index is 338. The summed E-state index contributed by atoms with van der Waals surface area (Å²) in [6.45, 7) is 0. The predicted molar refractivity (Wildman–Crippen MR) is 61.6 cm³/mol. The molecule has 3 nitrogen and oxygen atoms in total. The highest BCUT2D eigenvalue weighted by atomic mass is 35.6. The lowest BCUT2D eigenvalue weighted by molar-refractivity contribution is 0.0949. The van der Waals surface area contributed by atoms with Gasteiger partial charge in [-0.15, -0.1) is 0 Å². The summed E-state index contributed by atoms with van der Waals surface area (Å²) < 4.78 is -1.75. The zero-order chi connectivity index (χ0) is 11.5. The lowest BCUT2D eigenvalue weighted by Crippen LogP contribution is -2.39. The van der Waals surface area contributed by atoms with Crippen molar-refractivity contribution in [2.24, 2.45) is 0 Å². The monoisotopic (exact) mass is 286 g/mol. The van der Waals surface area contributed by atoms with Gasteiger partial charge in [0.15, 0.2) is 5.50 Å². The molecule has 0 bridgehead atoms. The number of amides is 1. The number of aromatic nitrogens is 1. The number of pyridine rings is 1. The second kappa shape index (κ2) is 5.21. The van der Waals surface area contributed by atoms with Gasteiger partial charge in [0, 0.05) is 18.0 Å². The topological polar surface area (TPSA) is 42.0 Å². The minimum atomic E-state index is -1.75. The van der Waals surface area contributed by atoms with E-state index in [2.05, 4.69) is 10.3 Å². The second-order valence-electron chi connectivity index (χ2n) is 2.61. The van der Waals surface area contributed by atoms with Crippen LogP contribution in [0.2, 0.25) is 0 Å². The Morgan fingerprint density at radius 3 is 2.33 bits per heavy atom. The maximum Gasteiger partial charge on any atom is 0.252 e. The largest absolute Gasteiger partial charge is 0.332 e. The Morgan fingerprint density at radius 1 is 1.33 bits per heavy atom. The molecule has 1 heterocycles. The van der Waals surface area contributed by atoms with E-state index in [-0.39, 0.29) is 0 Å². The van der Waals surface area contributed by atoms with Gasteiger partial charge in [0.1, 0.15) is 0 Å². The molecule has 1 amide bonds. The molecule has 1 aromatic heterocycles. The highest BCUT2D eigenvalue weighted by Crippen LogP contribution is 2.32. The van der Waals surface area contributed by atoms with E-state index < -0.39 is 15.2 Å². The van der Waals surface area contributed by atoms with E-state index in [0.717, 1.165) is 0 Å². The van der Waals surface area contributed by atoms with Crippen molar-refractivity contribution in [3.63, 3.8) is 0 Å². The molecule has 1 aromatic rings. The van der Waals surface area contributed by atoms with Crippen molar-refractivity contribution >= 4 is 52.3 Å². The quantitative estimate of drug-likeness (QED) is 0.671. The molecule has 0 aromatic carbocycles. The lowest BCUT2D eigenvalue weighted by atomic mass is 10.2. The van der Waals surface area contributed by atoms with Crippen molar-refractivity contribution in [2.75, 3.05) is 0 Å². The van der Waals surface area contributed by atoms with Crippen LogP contribution in [0.25, 0.3) is 0 Å². The van der Waals surface area contributed by atoms with Gasteiger partial charge >= 0.3 is 0 Å². The number of hydrogen-bond acceptors (Lipinski definition) is 2. The number of carbonyl (C=O) groups is 1. The van der Waals surface area contributed by atoms with E-state index in [4.69, 9.17) is 46.4 Å². The molecule has 15 heavy (non-hydrogen) atoms. The molecule has 1 N–H and O–H groups in total. The molecular weight excluding hydrogens is 282 g/mol. The van der Waals surface area contributed by atoms with Gasteiger partial charge in [0.05, 0.1) is 0 Å². The van der Waals surface area contributed by atoms with Crippen LogP contribution < -0.4 is 5.32 Å². The summed E-state index contributed by atoms with van der Waals surface area (Å²) in [7, 11) is 0. The van der Waals surface area contributed by atoms with Crippen molar-refractivity contribution in [2.45, 2.75) is 9.29 Å². The molecule has 0 aliphatic carbocycles. The molecule has 0 spiro atoms. The third-order valence-electron chi connectivity index (χ3n) is 1.49. The van der Waals surface area contributed by atoms with E-state index >= 15 is 0 Å². The Balaban J connectivity index is 2.65. The molecule has 0 saturated heterocycles. The second-order valence-corrected chi connectivity index (χ2v) is 5.42. The van der Waals surface area contributed by atoms with Crippen molar-refractivity contribution in [3.8, 4) is 0 Å². The van der Waals surface area contributed by atoms with Crippen LogP contribution >= 0.6 is 46.4 Å². The van der Waals surface area contributed by atoms with E-state index in [9.17, 15) is 4.79 Å². The van der Waals surface area contributed by atoms with E-state index in [0.29, 0.717) is 5.56 Å². The Hall–Kier alpha value is -0.220. The van der Waals surface area contributed by atoms with Gasteiger partial charge in [0.2, 0.25) is 3.79 Å².